The average molecular weight is 281 g/mol. The second kappa shape index (κ2) is 5.20. The predicted molar refractivity (Wildman–Crippen MR) is 77.8 cm³/mol. The Morgan fingerprint density at radius 1 is 1.14 bits per heavy atom. The number of ketones is 1. The number of benzene rings is 2. The van der Waals surface area contributed by atoms with Crippen molar-refractivity contribution < 1.29 is 9.18 Å². The van der Waals surface area contributed by atoms with Gasteiger partial charge in [-0.2, -0.15) is 0 Å². The fourth-order valence-corrected chi connectivity index (χ4v) is 2.16. The van der Waals surface area contributed by atoms with E-state index in [-0.39, 0.29) is 11.7 Å². The van der Waals surface area contributed by atoms with E-state index in [1.807, 2.05) is 6.07 Å². The summed E-state index contributed by atoms with van der Waals surface area (Å²) in [5.41, 5.74) is 7.02. The summed E-state index contributed by atoms with van der Waals surface area (Å²) in [5, 5.41) is 0. The Morgan fingerprint density at radius 2 is 1.90 bits per heavy atom. The van der Waals surface area contributed by atoms with Crippen molar-refractivity contribution in [2.45, 2.75) is 0 Å². The molecule has 104 valence electrons. The van der Waals surface area contributed by atoms with E-state index in [1.54, 1.807) is 30.5 Å². The second-order valence-electron chi connectivity index (χ2n) is 4.51. The van der Waals surface area contributed by atoms with Crippen LogP contribution in [0.2, 0.25) is 0 Å². The molecule has 0 aliphatic heterocycles. The lowest BCUT2D eigenvalue weighted by Crippen LogP contribution is -2.09. The zero-order chi connectivity index (χ0) is 14.8. The molecule has 0 atom stereocenters. The van der Waals surface area contributed by atoms with Crippen LogP contribution in [0.15, 0.2) is 60.9 Å². The average Bonchev–Trinajstić information content (AvgIpc) is 2.93. The molecule has 1 aromatic heterocycles. The van der Waals surface area contributed by atoms with Gasteiger partial charge in [-0.3, -0.25) is 9.36 Å². The van der Waals surface area contributed by atoms with Gasteiger partial charge >= 0.3 is 0 Å². The molecule has 5 heteroatoms. The van der Waals surface area contributed by atoms with Gasteiger partial charge in [0.1, 0.15) is 5.82 Å². The molecule has 3 rings (SSSR count). The highest BCUT2D eigenvalue weighted by atomic mass is 19.1. The molecule has 0 saturated heterocycles. The van der Waals surface area contributed by atoms with E-state index in [9.17, 15) is 9.18 Å². The van der Waals surface area contributed by atoms with Crippen molar-refractivity contribution in [3.05, 3.63) is 77.9 Å². The molecule has 1 heterocycles. The van der Waals surface area contributed by atoms with Gasteiger partial charge in [0.05, 0.1) is 5.69 Å². The van der Waals surface area contributed by atoms with Crippen LogP contribution in [0.5, 0.6) is 0 Å². The molecular weight excluding hydrogens is 269 g/mol. The maximum atomic E-state index is 13.6. The van der Waals surface area contributed by atoms with E-state index < -0.39 is 5.82 Å². The Bertz CT molecular complexity index is 796. The van der Waals surface area contributed by atoms with E-state index in [2.05, 4.69) is 4.98 Å². The highest BCUT2D eigenvalue weighted by molar-refractivity contribution is 6.11. The Hall–Kier alpha value is -2.95. The summed E-state index contributed by atoms with van der Waals surface area (Å²) in [4.78, 5) is 16.5. The summed E-state index contributed by atoms with van der Waals surface area (Å²) in [5.74, 6) is -0.441. The zero-order valence-electron chi connectivity index (χ0n) is 11.0. The van der Waals surface area contributed by atoms with E-state index in [4.69, 9.17) is 5.73 Å². The van der Waals surface area contributed by atoms with Crippen molar-refractivity contribution >= 4 is 11.7 Å². The topological polar surface area (TPSA) is 60.9 Å². The number of carbonyl (C=O) groups is 1. The molecule has 21 heavy (non-hydrogen) atoms. The van der Waals surface area contributed by atoms with Crippen molar-refractivity contribution in [2.75, 3.05) is 5.73 Å². The van der Waals surface area contributed by atoms with Crippen LogP contribution in [-0.4, -0.2) is 15.3 Å². The first-order valence-corrected chi connectivity index (χ1v) is 6.35. The van der Waals surface area contributed by atoms with Crippen molar-refractivity contribution in [3.8, 4) is 5.69 Å². The number of imidazole rings is 1. The number of carbonyl (C=O) groups excluding carboxylic acids is 1. The minimum Gasteiger partial charge on any atom is -0.369 e. The van der Waals surface area contributed by atoms with Crippen molar-refractivity contribution in [1.29, 1.82) is 0 Å². The molecule has 0 aliphatic rings. The number of nitrogens with zero attached hydrogens (tertiary/aromatic N) is 2. The van der Waals surface area contributed by atoms with E-state index >= 15 is 0 Å². The smallest absolute Gasteiger partial charge is 0.204 e. The summed E-state index contributed by atoms with van der Waals surface area (Å²) in [6, 6.07) is 12.8. The summed E-state index contributed by atoms with van der Waals surface area (Å²) in [6.07, 6.45) is 3.09. The molecule has 0 spiro atoms. The standard InChI is InChI=1S/C16H12FN3O/c17-12-6-7-13(15(21)11-4-2-1-3-5-11)14(10-12)20-9-8-19-16(20)18/h1-10H,(H2,18,19). The first-order valence-electron chi connectivity index (χ1n) is 6.35. The van der Waals surface area contributed by atoms with Crippen molar-refractivity contribution in [2.24, 2.45) is 0 Å². The van der Waals surface area contributed by atoms with Crippen LogP contribution in [0.3, 0.4) is 0 Å². The molecular formula is C16H12FN3O. The minimum absolute atomic E-state index is 0.196. The number of anilines is 1. The Kier molecular flexibility index (Phi) is 3.23. The number of halogens is 1. The van der Waals surface area contributed by atoms with Crippen LogP contribution < -0.4 is 5.73 Å². The first-order chi connectivity index (χ1) is 10.2. The normalized spacial score (nSPS) is 10.5. The summed E-state index contributed by atoms with van der Waals surface area (Å²) in [7, 11) is 0. The third kappa shape index (κ3) is 2.41. The highest BCUT2D eigenvalue weighted by Gasteiger charge is 2.16. The molecule has 4 nitrogen and oxygen atoms in total. The van der Waals surface area contributed by atoms with Gasteiger partial charge in [-0.15, -0.1) is 0 Å². The highest BCUT2D eigenvalue weighted by Crippen LogP contribution is 2.22. The lowest BCUT2D eigenvalue weighted by Gasteiger charge is -2.11. The van der Waals surface area contributed by atoms with Gasteiger partial charge in [0.2, 0.25) is 5.95 Å². The molecule has 2 N–H and O–H groups in total. The summed E-state index contributed by atoms with van der Waals surface area (Å²) >= 11 is 0. The van der Waals surface area contributed by atoms with Gasteiger partial charge in [-0.1, -0.05) is 30.3 Å². The molecule has 3 aromatic rings. The molecule has 0 bridgehead atoms. The van der Waals surface area contributed by atoms with E-state index in [0.717, 1.165) is 0 Å². The van der Waals surface area contributed by atoms with Crippen molar-refractivity contribution in [1.82, 2.24) is 9.55 Å². The van der Waals surface area contributed by atoms with Crippen LogP contribution in [0, 0.1) is 5.82 Å². The number of hydrogen-bond donors (Lipinski definition) is 1. The molecule has 0 saturated carbocycles. The molecule has 0 radical (unpaired) electrons. The molecule has 0 unspecified atom stereocenters. The molecule has 0 aliphatic carbocycles. The number of nitrogen functional groups attached to an aromatic ring is 1. The maximum Gasteiger partial charge on any atom is 0.204 e. The monoisotopic (exact) mass is 281 g/mol. The Labute approximate surface area is 120 Å². The fraction of sp³-hybridized carbons (Fsp3) is 0. The third-order valence-electron chi connectivity index (χ3n) is 3.17. The quantitative estimate of drug-likeness (QED) is 0.751. The van der Waals surface area contributed by atoms with Crippen LogP contribution in [0.4, 0.5) is 10.3 Å². The van der Waals surface area contributed by atoms with E-state index in [1.165, 1.54) is 29.0 Å². The zero-order valence-corrected chi connectivity index (χ0v) is 11.0. The summed E-state index contributed by atoms with van der Waals surface area (Å²) < 4.78 is 15.0. The second-order valence-corrected chi connectivity index (χ2v) is 4.51. The van der Waals surface area contributed by atoms with Gasteiger partial charge in [-0.25, -0.2) is 9.37 Å². The van der Waals surface area contributed by atoms with Gasteiger partial charge < -0.3 is 5.73 Å². The third-order valence-corrected chi connectivity index (χ3v) is 3.17. The summed E-state index contributed by atoms with van der Waals surface area (Å²) in [6.45, 7) is 0. The SMILES string of the molecule is Nc1nccn1-c1cc(F)ccc1C(=O)c1ccccc1. The largest absolute Gasteiger partial charge is 0.369 e. The van der Waals surface area contributed by atoms with Crippen LogP contribution in [0.1, 0.15) is 15.9 Å². The Balaban J connectivity index is 2.16. The lowest BCUT2D eigenvalue weighted by molar-refractivity contribution is 0.103. The molecule has 2 aromatic carbocycles. The van der Waals surface area contributed by atoms with Gasteiger partial charge in [0.25, 0.3) is 0 Å². The number of nitrogens with two attached hydrogens (primary N) is 1. The predicted octanol–water partition coefficient (Wildman–Crippen LogP) is 2.82. The lowest BCUT2D eigenvalue weighted by atomic mass is 10.0. The van der Waals surface area contributed by atoms with Crippen molar-refractivity contribution in [3.63, 3.8) is 0 Å². The van der Waals surface area contributed by atoms with Crippen LogP contribution in [-0.2, 0) is 0 Å². The fourth-order valence-electron chi connectivity index (χ4n) is 2.16. The maximum absolute atomic E-state index is 13.6. The number of rotatable bonds is 3. The first kappa shape index (κ1) is 13.1. The van der Waals surface area contributed by atoms with Crippen LogP contribution >= 0.6 is 0 Å². The van der Waals surface area contributed by atoms with E-state index in [0.29, 0.717) is 16.8 Å². The number of hydrogen-bond acceptors (Lipinski definition) is 3. The molecule has 0 amide bonds. The Morgan fingerprint density at radius 3 is 2.57 bits per heavy atom. The van der Waals surface area contributed by atoms with Crippen LogP contribution in [0.25, 0.3) is 5.69 Å². The minimum atomic E-state index is -0.442. The molecule has 0 fully saturated rings. The van der Waals surface area contributed by atoms with Gasteiger partial charge in [0.15, 0.2) is 5.78 Å². The van der Waals surface area contributed by atoms with Gasteiger partial charge in [-0.05, 0) is 18.2 Å². The van der Waals surface area contributed by atoms with Gasteiger partial charge in [0, 0.05) is 23.5 Å². The number of aromatic nitrogens is 2.